The Morgan fingerprint density at radius 3 is 1.08 bits per heavy atom. The Morgan fingerprint density at radius 1 is 0.245 bits per heavy atom. The lowest BCUT2D eigenvalue weighted by Gasteiger charge is -2.08. The van der Waals surface area contributed by atoms with Crippen molar-refractivity contribution in [3.05, 3.63) is 320 Å². The van der Waals surface area contributed by atoms with Crippen molar-refractivity contribution in [2.45, 2.75) is 96.9 Å². The van der Waals surface area contributed by atoms with Gasteiger partial charge in [-0.2, -0.15) is 22.5 Å². The quantitative estimate of drug-likeness (QED) is 0.117. The summed E-state index contributed by atoms with van der Waals surface area (Å²) < 4.78 is 93.5. The summed E-state index contributed by atoms with van der Waals surface area (Å²) in [6.45, 7) is 27.6. The van der Waals surface area contributed by atoms with Gasteiger partial charge >= 0.3 is 0 Å². The first-order valence-electron chi connectivity index (χ1n) is 32.7. The maximum Gasteiger partial charge on any atom is 0.248 e. The van der Waals surface area contributed by atoms with E-state index in [2.05, 4.69) is 96.1 Å². The number of benzene rings is 6. The molecule has 0 radical (unpaired) electrons. The first-order valence-corrected chi connectivity index (χ1v) is 32.7. The number of hydrogen-bond donors (Lipinski definition) is 0. The van der Waals surface area contributed by atoms with Crippen LogP contribution < -0.4 is 27.4 Å². The molecule has 98 heavy (non-hydrogen) atoms. The smallest absolute Gasteiger partial charge is 0.206 e. The normalized spacial score (nSPS) is 10.6. The third kappa shape index (κ3) is 18.9. The van der Waals surface area contributed by atoms with Gasteiger partial charge in [-0.25, -0.2) is 31.3 Å². The van der Waals surface area contributed by atoms with Gasteiger partial charge in [0, 0.05) is 82.3 Å². The second kappa shape index (κ2) is 33.7. The largest absolute Gasteiger partial charge is 0.248 e. The van der Waals surface area contributed by atoms with Crippen molar-refractivity contribution in [1.82, 2.24) is 0 Å². The van der Waals surface area contributed by atoms with E-state index in [-0.39, 0.29) is 34.9 Å². The molecule has 12 heteroatoms. The zero-order chi connectivity index (χ0) is 72.0. The highest BCUT2D eigenvalue weighted by molar-refractivity contribution is 5.66. The number of aromatic nitrogens is 6. The van der Waals surface area contributed by atoms with Crippen LogP contribution in [0.2, 0.25) is 0 Å². The SMILES string of the molecule is Cc1c[n+](C)c(-c2ccccc2C)cc1F.Cc1cc(F)c(-c2ccccc2C)[n+](C)c1.Cc1ccc(-c2c(C)c(F)cc[n+]2C)c(C)c1.Cc1ccc(-c2cc(F)c(C)c[n+]2C)c(C)c1.Cc1ccc(-c2cc(F)cc(C)[n+]2C)c(C)c1.Cc1ccccc1-c1c(F)ccc[n+]1C. The minimum absolute atomic E-state index is 0.155. The molecule has 0 aliphatic carbocycles. The van der Waals surface area contributed by atoms with Crippen molar-refractivity contribution in [1.29, 1.82) is 0 Å². The zero-order valence-corrected chi connectivity index (χ0v) is 60.6. The number of aryl methyl sites for hydroxylation is 18. The van der Waals surface area contributed by atoms with Crippen LogP contribution >= 0.6 is 0 Å². The van der Waals surface area contributed by atoms with E-state index in [0.29, 0.717) is 28.1 Å². The number of nitrogens with zero attached hydrogens (tertiary/aromatic N) is 6. The Balaban J connectivity index is 0.000000166. The molecule has 0 saturated carbocycles. The molecule has 0 fully saturated rings. The highest BCUT2D eigenvalue weighted by Gasteiger charge is 2.23. The molecule has 12 rings (SSSR count). The van der Waals surface area contributed by atoms with Crippen LogP contribution in [0.1, 0.15) is 78.0 Å². The van der Waals surface area contributed by atoms with Gasteiger partial charge < -0.3 is 0 Å². The van der Waals surface area contributed by atoms with E-state index in [1.807, 2.05) is 204 Å². The fourth-order valence-corrected chi connectivity index (χ4v) is 12.1. The fourth-order valence-electron chi connectivity index (χ4n) is 12.1. The molecule has 6 aromatic heterocycles. The molecule has 0 saturated heterocycles. The highest BCUT2D eigenvalue weighted by atomic mass is 19.1. The Labute approximate surface area is 577 Å². The first-order chi connectivity index (χ1) is 46.4. The molecule has 0 aliphatic rings. The van der Waals surface area contributed by atoms with Gasteiger partial charge in [-0.1, -0.05) is 108 Å². The Morgan fingerprint density at radius 2 is 0.643 bits per heavy atom. The molecule has 0 atom stereocenters. The maximum absolute atomic E-state index is 14.0. The van der Waals surface area contributed by atoms with E-state index >= 15 is 0 Å². The van der Waals surface area contributed by atoms with Gasteiger partial charge in [-0.15, -0.1) is 0 Å². The van der Waals surface area contributed by atoms with Gasteiger partial charge in [0.2, 0.25) is 34.2 Å². The summed E-state index contributed by atoms with van der Waals surface area (Å²) in [5.41, 5.74) is 25.6. The molecular formula is C86H94F6N6+6. The van der Waals surface area contributed by atoms with Crippen LogP contribution in [0.4, 0.5) is 26.3 Å². The minimum atomic E-state index is -0.186. The van der Waals surface area contributed by atoms with Gasteiger partial charge in [0.05, 0.1) is 16.7 Å². The van der Waals surface area contributed by atoms with E-state index in [9.17, 15) is 26.3 Å². The Kier molecular flexibility index (Phi) is 25.8. The first kappa shape index (κ1) is 75.2. The van der Waals surface area contributed by atoms with Crippen LogP contribution in [0.5, 0.6) is 0 Å². The van der Waals surface area contributed by atoms with Crippen LogP contribution in [0.3, 0.4) is 0 Å². The summed E-state index contributed by atoms with van der Waals surface area (Å²) in [5.74, 6) is -1.01. The molecule has 504 valence electrons. The lowest BCUT2D eigenvalue weighted by molar-refractivity contribution is -0.667. The monoisotopic (exact) mass is 1320 g/mol. The lowest BCUT2D eigenvalue weighted by atomic mass is 9.99. The molecular weight excluding hydrogens is 1230 g/mol. The Bertz CT molecular complexity index is 4800. The Hall–Kier alpha value is -10.2. The summed E-state index contributed by atoms with van der Waals surface area (Å²) in [6.07, 6.45) is 9.19. The number of hydrogen-bond acceptors (Lipinski definition) is 0. The van der Waals surface area contributed by atoms with Crippen molar-refractivity contribution in [2.24, 2.45) is 42.3 Å². The van der Waals surface area contributed by atoms with Crippen LogP contribution in [-0.4, -0.2) is 0 Å². The predicted molar refractivity (Wildman–Crippen MR) is 384 cm³/mol. The lowest BCUT2D eigenvalue weighted by Crippen LogP contribution is -2.35. The molecule has 12 aromatic rings. The van der Waals surface area contributed by atoms with E-state index in [0.717, 1.165) is 84.1 Å². The standard InChI is InChI=1S/3C15H17FN.2C14H15FN.C13H13FN/c1-10-5-6-13(11(2)7-10)15-8-14(16)12(3)9-17(15)4;1-10-5-6-14(11(2)7-10)15-9-13(16)8-12(3)17(15)4;1-10-5-6-13(11(2)9-10)15-12(3)14(16)7-8-17(15)4;1-10-8-13(15)14(16(3)9-10)12-7-5-4-6-11(12)2;1-10-6-4-5-7-12(10)14-8-13(15)11(2)9-16(14)3;1-10-6-3-4-7-11(10)13-12(14)8-5-9-15(13)2/h3*5-9H,1-4H3;2*4-9H,1-3H3;3-9H,1-2H3/q6*+1. The third-order valence-corrected chi connectivity index (χ3v) is 17.5. The van der Waals surface area contributed by atoms with E-state index < -0.39 is 0 Å². The summed E-state index contributed by atoms with van der Waals surface area (Å²) >= 11 is 0. The fraction of sp³-hybridized carbons (Fsp3) is 0.233. The molecule has 6 nitrogen and oxygen atoms in total. The number of rotatable bonds is 6. The molecule has 6 heterocycles. The highest BCUT2D eigenvalue weighted by Crippen LogP contribution is 2.29. The van der Waals surface area contributed by atoms with E-state index in [1.54, 1.807) is 61.0 Å². The molecule has 0 amide bonds. The number of pyridine rings is 6. The topological polar surface area (TPSA) is 23.3 Å². The third-order valence-electron chi connectivity index (χ3n) is 17.5. The van der Waals surface area contributed by atoms with Gasteiger partial charge in [-0.05, 0) is 172 Å². The predicted octanol–water partition coefficient (Wildman–Crippen LogP) is 18.2. The van der Waals surface area contributed by atoms with Crippen LogP contribution in [0.15, 0.2) is 207 Å². The zero-order valence-electron chi connectivity index (χ0n) is 60.6. The summed E-state index contributed by atoms with van der Waals surface area (Å²) in [5, 5.41) is 0. The van der Waals surface area contributed by atoms with Gasteiger partial charge in [-0.3, -0.25) is 0 Å². The van der Waals surface area contributed by atoms with Crippen LogP contribution in [0.25, 0.3) is 67.5 Å². The van der Waals surface area contributed by atoms with Crippen molar-refractivity contribution in [3.8, 4) is 67.5 Å². The van der Waals surface area contributed by atoms with E-state index in [1.165, 1.54) is 45.5 Å². The molecule has 0 bridgehead atoms. The molecule has 0 unspecified atom stereocenters. The maximum atomic E-state index is 14.0. The second-order valence-electron chi connectivity index (χ2n) is 25.6. The molecule has 0 N–H and O–H groups in total. The van der Waals surface area contributed by atoms with Crippen molar-refractivity contribution < 1.29 is 53.7 Å². The summed E-state index contributed by atoms with van der Waals surface area (Å²) in [6, 6.07) is 55.0. The molecule has 0 spiro atoms. The van der Waals surface area contributed by atoms with Gasteiger partial charge in [0.25, 0.3) is 0 Å². The van der Waals surface area contributed by atoms with Crippen molar-refractivity contribution in [2.75, 3.05) is 0 Å². The van der Waals surface area contributed by atoms with Crippen LogP contribution in [-0.2, 0) is 42.3 Å². The van der Waals surface area contributed by atoms with Gasteiger partial charge in [0.1, 0.15) is 65.6 Å². The van der Waals surface area contributed by atoms with E-state index in [4.69, 9.17) is 0 Å². The summed E-state index contributed by atoms with van der Waals surface area (Å²) in [4.78, 5) is 0. The average Bonchev–Trinajstić information content (AvgIpc) is 0.831. The van der Waals surface area contributed by atoms with Gasteiger partial charge in [0.15, 0.2) is 48.3 Å². The molecule has 6 aromatic carbocycles. The second-order valence-corrected chi connectivity index (χ2v) is 25.6. The summed E-state index contributed by atoms with van der Waals surface area (Å²) in [7, 11) is 11.5. The van der Waals surface area contributed by atoms with Crippen molar-refractivity contribution >= 4 is 0 Å². The number of halogens is 6. The van der Waals surface area contributed by atoms with Crippen molar-refractivity contribution in [3.63, 3.8) is 0 Å². The van der Waals surface area contributed by atoms with Crippen LogP contribution in [0, 0.1) is 132 Å². The average molecular weight is 1330 g/mol. The minimum Gasteiger partial charge on any atom is -0.206 e. The molecule has 0 aliphatic heterocycles.